The van der Waals surface area contributed by atoms with Crippen LogP contribution in [-0.2, 0) is 71.2 Å². The van der Waals surface area contributed by atoms with Crippen LogP contribution < -0.4 is 0 Å². The molecule has 0 heterocycles. The van der Waals surface area contributed by atoms with E-state index in [-0.39, 0.29) is 25.2 Å². The summed E-state index contributed by atoms with van der Waals surface area (Å²) in [4.78, 5) is 23.2. The normalized spacial score (nSPS) is 11.7. The van der Waals surface area contributed by atoms with Crippen molar-refractivity contribution in [2.24, 2.45) is 0 Å². The Bertz CT molecular complexity index is 751. The van der Waals surface area contributed by atoms with Crippen LogP contribution in [0.25, 0.3) is 0 Å². The number of ether oxygens (including phenoxy) is 13. The Labute approximate surface area is 313 Å². The van der Waals surface area contributed by atoms with Crippen molar-refractivity contribution in [2.45, 2.75) is 78.2 Å². The number of carbonyl (C=O) groups is 2. The summed E-state index contributed by atoms with van der Waals surface area (Å²) in [5.74, 6) is -0.537. The van der Waals surface area contributed by atoms with Crippen LogP contribution >= 0.6 is 0 Å². The zero-order valence-electron chi connectivity index (χ0n) is 32.8. The minimum Gasteiger partial charge on any atom is -0.463 e. The predicted octanol–water partition coefficient (Wildman–Crippen LogP) is 3.80. The molecule has 0 saturated carbocycles. The molecule has 0 amide bonds. The molecule has 52 heavy (non-hydrogen) atoms. The largest absolute Gasteiger partial charge is 0.463 e. The molecule has 0 unspecified atom stereocenters. The van der Waals surface area contributed by atoms with Crippen molar-refractivity contribution in [3.8, 4) is 0 Å². The maximum Gasteiger partial charge on any atom is 0.332 e. The van der Waals surface area contributed by atoms with E-state index in [9.17, 15) is 9.59 Å². The molecule has 0 N–H and O–H groups in total. The molecule has 0 aromatic rings. The number of rotatable bonds is 42. The average molecular weight is 757 g/mol. The van der Waals surface area contributed by atoms with Crippen LogP contribution in [0.2, 0.25) is 0 Å². The second-order valence-corrected chi connectivity index (χ2v) is 12.5. The van der Waals surface area contributed by atoms with E-state index in [1.807, 2.05) is 20.8 Å². The van der Waals surface area contributed by atoms with Gasteiger partial charge in [0.25, 0.3) is 0 Å². The van der Waals surface area contributed by atoms with Crippen molar-refractivity contribution in [3.05, 3.63) is 0 Å². The second-order valence-electron chi connectivity index (χ2n) is 12.5. The molecule has 0 rings (SSSR count). The number of carbonyl (C=O) groups excluding carboxylic acids is 2. The Morgan fingerprint density at radius 3 is 0.981 bits per heavy atom. The van der Waals surface area contributed by atoms with Crippen molar-refractivity contribution in [1.82, 2.24) is 0 Å². The lowest BCUT2D eigenvalue weighted by molar-refractivity contribution is -0.160. The molecule has 310 valence electrons. The maximum absolute atomic E-state index is 11.7. The van der Waals surface area contributed by atoms with Crippen molar-refractivity contribution in [2.75, 3.05) is 152 Å². The fourth-order valence-corrected chi connectivity index (χ4v) is 4.06. The van der Waals surface area contributed by atoms with Crippen molar-refractivity contribution in [3.63, 3.8) is 0 Å². The molecule has 0 fully saturated rings. The smallest absolute Gasteiger partial charge is 0.332 e. The Hall–Kier alpha value is -1.50. The summed E-state index contributed by atoms with van der Waals surface area (Å²) < 4.78 is 70.1. The number of esters is 2. The quantitative estimate of drug-likeness (QED) is 0.0655. The molecular formula is C37H72O15. The first-order valence-corrected chi connectivity index (χ1v) is 19.1. The molecule has 15 nitrogen and oxygen atoms in total. The minimum atomic E-state index is -0.514. The van der Waals surface area contributed by atoms with Gasteiger partial charge in [-0.25, -0.2) is 4.79 Å². The number of hydrogen-bond donors (Lipinski definition) is 0. The van der Waals surface area contributed by atoms with Crippen LogP contribution in [-0.4, -0.2) is 169 Å². The topological polar surface area (TPSA) is 154 Å². The fourth-order valence-electron chi connectivity index (χ4n) is 4.06. The molecule has 0 aromatic carbocycles. The van der Waals surface area contributed by atoms with Crippen LogP contribution in [0.4, 0.5) is 0 Å². The molecule has 0 bridgehead atoms. The van der Waals surface area contributed by atoms with Gasteiger partial charge in [0, 0.05) is 6.42 Å². The highest BCUT2D eigenvalue weighted by Gasteiger charge is 2.15. The van der Waals surface area contributed by atoms with Gasteiger partial charge in [0.05, 0.1) is 139 Å². The standard InChI is InChI=1S/C37H72O15/c1-5-6-7-8-9-10-11-35(38)51-33-32-49-29-28-47-25-24-45-21-20-43-17-16-41-13-12-40-14-15-42-18-19-44-22-23-46-26-27-48-30-31-50-34-36(39)52-37(2,3)4/h5-34H2,1-4H3. The molecule has 0 atom stereocenters. The van der Waals surface area contributed by atoms with E-state index in [0.717, 1.165) is 12.8 Å². The molecule has 0 saturated heterocycles. The molecule has 0 aliphatic heterocycles. The lowest BCUT2D eigenvalue weighted by Gasteiger charge is -2.19. The van der Waals surface area contributed by atoms with Gasteiger partial charge in [0.15, 0.2) is 0 Å². The Morgan fingerprint density at radius 1 is 0.365 bits per heavy atom. The minimum absolute atomic E-state index is 0.0864. The molecule has 0 radical (unpaired) electrons. The zero-order chi connectivity index (χ0) is 38.1. The van der Waals surface area contributed by atoms with Crippen molar-refractivity contribution in [1.29, 1.82) is 0 Å². The summed E-state index contributed by atoms with van der Waals surface area (Å²) in [6.07, 6.45) is 7.39. The molecule has 0 aliphatic rings. The fraction of sp³-hybridized carbons (Fsp3) is 0.946. The summed E-state index contributed by atoms with van der Waals surface area (Å²) in [6, 6.07) is 0. The van der Waals surface area contributed by atoms with Gasteiger partial charge in [-0.15, -0.1) is 0 Å². The highest BCUT2D eigenvalue weighted by atomic mass is 16.6. The number of hydrogen-bond acceptors (Lipinski definition) is 15. The highest BCUT2D eigenvalue weighted by Crippen LogP contribution is 2.08. The third-order valence-electron chi connectivity index (χ3n) is 6.59. The summed E-state index contributed by atoms with van der Waals surface area (Å²) in [5.41, 5.74) is -0.514. The van der Waals surface area contributed by atoms with Crippen LogP contribution in [0.5, 0.6) is 0 Å². The summed E-state index contributed by atoms with van der Waals surface area (Å²) in [5, 5.41) is 0. The van der Waals surface area contributed by atoms with Gasteiger partial charge in [0.2, 0.25) is 0 Å². The van der Waals surface area contributed by atoms with Crippen LogP contribution in [0.3, 0.4) is 0 Å². The second kappa shape index (κ2) is 40.7. The van der Waals surface area contributed by atoms with E-state index in [1.165, 1.54) is 25.7 Å². The summed E-state index contributed by atoms with van der Waals surface area (Å²) >= 11 is 0. The summed E-state index contributed by atoms with van der Waals surface area (Å²) in [6.45, 7) is 17.5. The first-order chi connectivity index (χ1) is 25.3. The third kappa shape index (κ3) is 44.7. The molecule has 15 heteroatoms. The van der Waals surface area contributed by atoms with Gasteiger partial charge in [-0.05, 0) is 27.2 Å². The van der Waals surface area contributed by atoms with Crippen LogP contribution in [0.1, 0.15) is 72.6 Å². The Kier molecular flexibility index (Phi) is 39.5. The van der Waals surface area contributed by atoms with Gasteiger partial charge < -0.3 is 61.6 Å². The van der Waals surface area contributed by atoms with E-state index in [0.29, 0.717) is 145 Å². The van der Waals surface area contributed by atoms with E-state index < -0.39 is 5.60 Å². The van der Waals surface area contributed by atoms with Gasteiger partial charge in [0.1, 0.15) is 18.8 Å². The Balaban J connectivity index is 3.13. The van der Waals surface area contributed by atoms with E-state index in [2.05, 4.69) is 6.92 Å². The number of unbranched alkanes of at least 4 members (excludes halogenated alkanes) is 5. The van der Waals surface area contributed by atoms with Gasteiger partial charge in [-0.2, -0.15) is 0 Å². The monoisotopic (exact) mass is 756 g/mol. The molecule has 0 aromatic heterocycles. The maximum atomic E-state index is 11.7. The lowest BCUT2D eigenvalue weighted by Crippen LogP contribution is -2.27. The van der Waals surface area contributed by atoms with Crippen LogP contribution in [0, 0.1) is 0 Å². The highest BCUT2D eigenvalue weighted by molar-refractivity contribution is 5.71. The summed E-state index contributed by atoms with van der Waals surface area (Å²) in [7, 11) is 0. The van der Waals surface area contributed by atoms with Gasteiger partial charge >= 0.3 is 11.9 Å². The Morgan fingerprint density at radius 2 is 0.654 bits per heavy atom. The first-order valence-electron chi connectivity index (χ1n) is 19.1. The van der Waals surface area contributed by atoms with E-state index in [4.69, 9.17) is 61.6 Å². The van der Waals surface area contributed by atoms with Crippen LogP contribution in [0.15, 0.2) is 0 Å². The molecule has 0 spiro atoms. The van der Waals surface area contributed by atoms with Crippen molar-refractivity contribution >= 4 is 11.9 Å². The first kappa shape index (κ1) is 50.5. The zero-order valence-corrected chi connectivity index (χ0v) is 32.8. The van der Waals surface area contributed by atoms with E-state index >= 15 is 0 Å². The lowest BCUT2D eigenvalue weighted by atomic mass is 10.1. The van der Waals surface area contributed by atoms with Crippen molar-refractivity contribution < 1.29 is 71.2 Å². The predicted molar refractivity (Wildman–Crippen MR) is 194 cm³/mol. The third-order valence-corrected chi connectivity index (χ3v) is 6.59. The van der Waals surface area contributed by atoms with Gasteiger partial charge in [-0.1, -0.05) is 39.0 Å². The molecular weight excluding hydrogens is 684 g/mol. The van der Waals surface area contributed by atoms with E-state index in [1.54, 1.807) is 0 Å². The SMILES string of the molecule is CCCCCCCCC(=O)OCCOCCOCCOCCOCCOCCOCCOCCOCCOCCOCCOCC(=O)OC(C)(C)C. The molecule has 0 aliphatic carbocycles. The van der Waals surface area contributed by atoms with Gasteiger partial charge in [-0.3, -0.25) is 4.79 Å². The average Bonchev–Trinajstić information content (AvgIpc) is 3.10.